The molecule has 0 spiro atoms. The van der Waals surface area contributed by atoms with Crippen LogP contribution in [-0.2, 0) is 19.6 Å². The molecule has 1 aromatic heterocycles. The third-order valence-electron chi connectivity index (χ3n) is 1.54. The summed E-state index contributed by atoms with van der Waals surface area (Å²) in [6.07, 6.45) is 1.17. The quantitative estimate of drug-likeness (QED) is 0.571. The zero-order valence-corrected chi connectivity index (χ0v) is 9.33. The van der Waals surface area contributed by atoms with Gasteiger partial charge in [0.1, 0.15) is 0 Å². The van der Waals surface area contributed by atoms with Crippen molar-refractivity contribution in [3.8, 4) is 0 Å². The highest BCUT2D eigenvalue weighted by molar-refractivity contribution is 7.89. The highest BCUT2D eigenvalue weighted by Gasteiger charge is 2.20. The van der Waals surface area contributed by atoms with Crippen LogP contribution in [0.1, 0.15) is 0 Å². The lowest BCUT2D eigenvalue weighted by Gasteiger charge is -2.06. The minimum absolute atomic E-state index is 0.0180. The maximum Gasteiger partial charge on any atom is 0.282 e. The fraction of sp³-hybridized carbons (Fsp3) is 0.375. The van der Waals surface area contributed by atoms with Crippen LogP contribution in [0.15, 0.2) is 23.4 Å². The number of hydrogen-bond acceptors (Lipinski definition) is 5. The van der Waals surface area contributed by atoms with Crippen molar-refractivity contribution < 1.29 is 22.4 Å². The van der Waals surface area contributed by atoms with Crippen molar-refractivity contribution >= 4 is 10.0 Å². The van der Waals surface area contributed by atoms with Gasteiger partial charge in [-0.25, -0.2) is 17.8 Å². The van der Waals surface area contributed by atoms with Crippen LogP contribution in [0, 0.1) is 5.82 Å². The average Bonchev–Trinajstić information content (AvgIpc) is 2.25. The van der Waals surface area contributed by atoms with Crippen LogP contribution in [0.5, 0.6) is 0 Å². The van der Waals surface area contributed by atoms with E-state index in [0.29, 0.717) is 0 Å². The van der Waals surface area contributed by atoms with E-state index in [-0.39, 0.29) is 13.2 Å². The van der Waals surface area contributed by atoms with Gasteiger partial charge in [-0.15, -0.1) is 0 Å². The Morgan fingerprint density at radius 1 is 1.50 bits per heavy atom. The van der Waals surface area contributed by atoms with E-state index in [2.05, 4.69) is 14.6 Å². The molecular formula is C8H11FN2O4S. The van der Waals surface area contributed by atoms with Gasteiger partial charge in [-0.2, -0.15) is 0 Å². The average molecular weight is 250 g/mol. The van der Waals surface area contributed by atoms with Crippen molar-refractivity contribution in [1.82, 2.24) is 9.87 Å². The van der Waals surface area contributed by atoms with Gasteiger partial charge in [0.25, 0.3) is 10.0 Å². The van der Waals surface area contributed by atoms with Crippen LogP contribution in [0.25, 0.3) is 0 Å². The summed E-state index contributed by atoms with van der Waals surface area (Å²) in [5.41, 5.74) is 0. The molecule has 0 unspecified atom stereocenters. The molecule has 90 valence electrons. The van der Waals surface area contributed by atoms with Crippen LogP contribution in [-0.4, -0.2) is 33.7 Å². The van der Waals surface area contributed by atoms with Gasteiger partial charge in [-0.05, 0) is 12.1 Å². The second-order valence-electron chi connectivity index (χ2n) is 2.72. The molecule has 0 aliphatic heterocycles. The number of halogens is 1. The maximum absolute atomic E-state index is 13.1. The first kappa shape index (κ1) is 13.0. The lowest BCUT2D eigenvalue weighted by molar-refractivity contribution is 0.0436. The van der Waals surface area contributed by atoms with Crippen molar-refractivity contribution in [2.45, 2.75) is 5.03 Å². The summed E-state index contributed by atoms with van der Waals surface area (Å²) in [6, 6.07) is 2.29. The molecule has 1 heterocycles. The van der Waals surface area contributed by atoms with E-state index in [1.54, 1.807) is 4.89 Å². The SMILES string of the molecule is COCCONS(=O)(=O)c1ncccc1F. The summed E-state index contributed by atoms with van der Waals surface area (Å²) >= 11 is 0. The van der Waals surface area contributed by atoms with Gasteiger partial charge in [0.05, 0.1) is 13.2 Å². The molecule has 0 aliphatic rings. The lowest BCUT2D eigenvalue weighted by Crippen LogP contribution is -2.27. The van der Waals surface area contributed by atoms with E-state index in [9.17, 15) is 12.8 Å². The molecule has 6 nitrogen and oxygen atoms in total. The zero-order chi connectivity index (χ0) is 12.0. The predicted octanol–water partition coefficient (Wildman–Crippen LogP) is 0.0770. The summed E-state index contributed by atoms with van der Waals surface area (Å²) in [4.78, 5) is 9.73. The molecule has 0 bridgehead atoms. The fourth-order valence-corrected chi connectivity index (χ4v) is 1.69. The molecule has 0 aromatic carbocycles. The molecule has 0 amide bonds. The molecule has 1 rings (SSSR count). The minimum atomic E-state index is -4.09. The van der Waals surface area contributed by atoms with Crippen molar-refractivity contribution in [3.05, 3.63) is 24.1 Å². The number of nitrogens with one attached hydrogen (secondary N) is 1. The van der Waals surface area contributed by atoms with Crippen molar-refractivity contribution in [2.24, 2.45) is 0 Å². The van der Waals surface area contributed by atoms with E-state index in [1.165, 1.54) is 19.4 Å². The van der Waals surface area contributed by atoms with E-state index < -0.39 is 20.9 Å². The molecule has 0 aliphatic carbocycles. The van der Waals surface area contributed by atoms with E-state index in [4.69, 9.17) is 0 Å². The molecule has 8 heteroatoms. The predicted molar refractivity (Wildman–Crippen MR) is 52.3 cm³/mol. The first-order valence-corrected chi connectivity index (χ1v) is 5.79. The maximum atomic E-state index is 13.1. The number of pyridine rings is 1. The van der Waals surface area contributed by atoms with Crippen molar-refractivity contribution in [3.63, 3.8) is 0 Å². The Bertz CT molecular complexity index is 437. The van der Waals surface area contributed by atoms with Gasteiger partial charge in [-0.1, -0.05) is 4.89 Å². The van der Waals surface area contributed by atoms with E-state index in [1.807, 2.05) is 0 Å². The monoisotopic (exact) mass is 250 g/mol. The van der Waals surface area contributed by atoms with Gasteiger partial charge in [-0.3, -0.25) is 4.84 Å². The summed E-state index contributed by atoms with van der Waals surface area (Å²) < 4.78 is 40.6. The Hall–Kier alpha value is -1.09. The smallest absolute Gasteiger partial charge is 0.282 e. The molecular weight excluding hydrogens is 239 g/mol. The fourth-order valence-electron chi connectivity index (χ4n) is 0.853. The number of rotatable bonds is 6. The highest BCUT2D eigenvalue weighted by Crippen LogP contribution is 2.09. The van der Waals surface area contributed by atoms with Crippen LogP contribution < -0.4 is 4.89 Å². The highest BCUT2D eigenvalue weighted by atomic mass is 32.2. The Balaban J connectivity index is 2.68. The number of nitrogens with zero attached hydrogens (tertiary/aromatic N) is 1. The number of methoxy groups -OCH3 is 1. The Kier molecular flexibility index (Phi) is 4.74. The normalized spacial score (nSPS) is 11.6. The van der Waals surface area contributed by atoms with Crippen molar-refractivity contribution in [2.75, 3.05) is 20.3 Å². The van der Waals surface area contributed by atoms with Gasteiger partial charge < -0.3 is 4.74 Å². The molecule has 0 fully saturated rings. The second-order valence-corrected chi connectivity index (χ2v) is 4.28. The molecule has 0 saturated carbocycles. The third kappa shape index (κ3) is 3.49. The third-order valence-corrected chi connectivity index (χ3v) is 2.68. The first-order chi connectivity index (χ1) is 7.58. The Morgan fingerprint density at radius 3 is 2.88 bits per heavy atom. The number of ether oxygens (including phenoxy) is 1. The summed E-state index contributed by atoms with van der Waals surface area (Å²) in [5, 5.41) is -0.701. The zero-order valence-electron chi connectivity index (χ0n) is 8.51. The summed E-state index contributed by atoms with van der Waals surface area (Å²) in [7, 11) is -2.64. The lowest BCUT2D eigenvalue weighted by atomic mass is 10.5. The van der Waals surface area contributed by atoms with Gasteiger partial charge in [0.2, 0.25) is 5.03 Å². The van der Waals surface area contributed by atoms with Crippen LogP contribution in [0.2, 0.25) is 0 Å². The topological polar surface area (TPSA) is 77.5 Å². The largest absolute Gasteiger partial charge is 0.382 e. The number of hydrogen-bond donors (Lipinski definition) is 1. The molecule has 0 radical (unpaired) electrons. The number of sulfonamides is 1. The van der Waals surface area contributed by atoms with Crippen LogP contribution in [0.4, 0.5) is 4.39 Å². The summed E-state index contributed by atoms with van der Waals surface area (Å²) in [6.45, 7) is 0.234. The second kappa shape index (κ2) is 5.85. The molecule has 1 aromatic rings. The molecule has 0 saturated heterocycles. The molecule has 1 N–H and O–H groups in total. The standard InChI is InChI=1S/C8H11FN2O4S/c1-14-5-6-15-11-16(12,13)8-7(9)3-2-4-10-8/h2-4,11H,5-6H2,1H3. The molecule has 16 heavy (non-hydrogen) atoms. The molecule has 0 atom stereocenters. The summed E-state index contributed by atoms with van der Waals surface area (Å²) in [5.74, 6) is -0.939. The number of aromatic nitrogens is 1. The minimum Gasteiger partial charge on any atom is -0.382 e. The van der Waals surface area contributed by atoms with Crippen molar-refractivity contribution in [1.29, 1.82) is 0 Å². The van der Waals surface area contributed by atoms with E-state index in [0.717, 1.165) is 6.07 Å². The van der Waals surface area contributed by atoms with Gasteiger partial charge >= 0.3 is 0 Å². The van der Waals surface area contributed by atoms with Gasteiger partial charge in [0, 0.05) is 13.3 Å². The Labute approximate surface area is 92.4 Å². The first-order valence-electron chi connectivity index (χ1n) is 4.31. The van der Waals surface area contributed by atoms with Crippen LogP contribution >= 0.6 is 0 Å². The Morgan fingerprint density at radius 2 is 2.25 bits per heavy atom. The van der Waals surface area contributed by atoms with Gasteiger partial charge in [0.15, 0.2) is 5.82 Å². The van der Waals surface area contributed by atoms with Crippen LogP contribution in [0.3, 0.4) is 0 Å². The van der Waals surface area contributed by atoms with E-state index >= 15 is 0 Å².